The van der Waals surface area contributed by atoms with Crippen LogP contribution in [0.3, 0.4) is 0 Å². The van der Waals surface area contributed by atoms with Gasteiger partial charge in [0.05, 0.1) is 0 Å². The zero-order chi connectivity index (χ0) is 18.0. The summed E-state index contributed by atoms with van der Waals surface area (Å²) in [6.45, 7) is 10.5. The second kappa shape index (κ2) is 10.6. The minimum atomic E-state index is 0.226. The summed E-state index contributed by atoms with van der Waals surface area (Å²) in [6, 6.07) is 0. The van der Waals surface area contributed by atoms with Crippen molar-refractivity contribution >= 4 is 17.7 Å². The van der Waals surface area contributed by atoms with Crippen LogP contribution in [0, 0.1) is 18.3 Å². The number of nitrogens with one attached hydrogen (secondary N) is 1. The third-order valence-electron chi connectivity index (χ3n) is 4.65. The number of carbonyl (C=O) groups is 1. The summed E-state index contributed by atoms with van der Waals surface area (Å²) in [5.74, 6) is 1.24. The lowest BCUT2D eigenvalue weighted by molar-refractivity contribution is -0.127. The molecule has 0 saturated carbocycles. The van der Waals surface area contributed by atoms with E-state index in [-0.39, 0.29) is 5.91 Å². The predicted molar refractivity (Wildman–Crippen MR) is 106 cm³/mol. The van der Waals surface area contributed by atoms with Gasteiger partial charge in [0.1, 0.15) is 0 Å². The average molecular weight is 349 g/mol. The summed E-state index contributed by atoms with van der Waals surface area (Å²) in [7, 11) is 0. The lowest BCUT2D eigenvalue weighted by Crippen LogP contribution is -2.32. The molecule has 0 aromatic carbocycles. The molecule has 0 atom stereocenters. The minimum absolute atomic E-state index is 0.226. The van der Waals surface area contributed by atoms with Crippen molar-refractivity contribution < 1.29 is 4.79 Å². The van der Waals surface area contributed by atoms with E-state index in [1.54, 1.807) is 11.8 Å². The zero-order valence-corrected chi connectivity index (χ0v) is 16.3. The normalized spacial score (nSPS) is 21.1. The third-order valence-corrected chi connectivity index (χ3v) is 5.71. The molecule has 134 valence electrons. The van der Waals surface area contributed by atoms with E-state index >= 15 is 0 Å². The molecule has 1 fully saturated rings. The molecule has 0 spiro atoms. The molecule has 0 aromatic rings. The van der Waals surface area contributed by atoms with Gasteiger partial charge in [0.2, 0.25) is 5.91 Å². The van der Waals surface area contributed by atoms with Gasteiger partial charge in [-0.15, -0.1) is 24.6 Å². The summed E-state index contributed by atoms with van der Waals surface area (Å²) in [4.78, 5) is 14.6. The summed E-state index contributed by atoms with van der Waals surface area (Å²) < 4.78 is 0. The topological polar surface area (TPSA) is 32.3 Å². The molecule has 0 aromatic heterocycles. The maximum Gasteiger partial charge on any atom is 0.250 e. The van der Waals surface area contributed by atoms with Gasteiger partial charge in [-0.1, -0.05) is 25.5 Å². The van der Waals surface area contributed by atoms with Crippen molar-refractivity contribution in [2.45, 2.75) is 46.5 Å². The molecule has 2 heterocycles. The summed E-state index contributed by atoms with van der Waals surface area (Å²) >= 11 is 1.76. The number of nitrogens with zero attached hydrogens (tertiary/aromatic N) is 1. The summed E-state index contributed by atoms with van der Waals surface area (Å²) in [5, 5.41) is 5.38. The van der Waals surface area contributed by atoms with Crippen LogP contribution in [0.5, 0.6) is 0 Å². The van der Waals surface area contributed by atoms with Crippen LogP contribution in [0.1, 0.15) is 46.5 Å². The largest absolute Gasteiger partial charge is 0.339 e. The molecule has 3 nitrogen and oxygen atoms in total. The molecule has 2 aliphatic heterocycles. The molecule has 4 heteroatoms. The second-order valence-electron chi connectivity index (χ2n) is 7.24. The second-order valence-corrected chi connectivity index (χ2v) is 8.10. The Labute approximate surface area is 152 Å². The molecule has 2 rings (SSSR count). The van der Waals surface area contributed by atoms with Gasteiger partial charge in [-0.25, -0.2) is 0 Å². The van der Waals surface area contributed by atoms with E-state index in [4.69, 9.17) is 0 Å². The number of hydrogen-bond donors (Lipinski definition) is 1. The lowest BCUT2D eigenvalue weighted by Gasteiger charge is -2.23. The Morgan fingerprint density at radius 3 is 2.79 bits per heavy atom. The van der Waals surface area contributed by atoms with Gasteiger partial charge in [0, 0.05) is 31.0 Å². The number of thioether (sulfide) groups is 1. The maximum atomic E-state index is 12.6. The molecule has 0 radical (unpaired) electrons. The molecule has 24 heavy (non-hydrogen) atoms. The molecule has 0 bridgehead atoms. The SMILES string of the molecule is C#C.C/C(=C\SCC1=CCNCC1)C(=O)N1CCCC(C)(C)CC1. The van der Waals surface area contributed by atoms with E-state index in [1.807, 2.05) is 11.8 Å². The van der Waals surface area contributed by atoms with E-state index in [2.05, 4.69) is 43.5 Å². The third kappa shape index (κ3) is 7.15. The average Bonchev–Trinajstić information content (AvgIpc) is 2.77. The highest BCUT2D eigenvalue weighted by Crippen LogP contribution is 2.30. The van der Waals surface area contributed by atoms with Crippen molar-refractivity contribution in [2.75, 3.05) is 31.9 Å². The highest BCUT2D eigenvalue weighted by atomic mass is 32.2. The first kappa shape index (κ1) is 20.9. The predicted octanol–water partition coefficient (Wildman–Crippen LogP) is 3.83. The first-order valence-corrected chi connectivity index (χ1v) is 9.82. The standard InChI is InChI=1S/C18H30N2OS.C2H2/c1-15(13-22-14-16-5-9-19-10-6-16)17(21)20-11-4-7-18(2,3)8-12-20;1-2/h5,13,19H,4,6-12,14H2,1-3H3;1-2H/b15-13+;. The number of carbonyl (C=O) groups excluding carboxylic acids is 1. The lowest BCUT2D eigenvalue weighted by atomic mass is 9.85. The number of rotatable bonds is 4. The van der Waals surface area contributed by atoms with E-state index in [0.29, 0.717) is 5.41 Å². The van der Waals surface area contributed by atoms with E-state index in [0.717, 1.165) is 56.8 Å². The smallest absolute Gasteiger partial charge is 0.250 e. The van der Waals surface area contributed by atoms with Crippen LogP contribution in [0.25, 0.3) is 0 Å². The van der Waals surface area contributed by atoms with Gasteiger partial charge >= 0.3 is 0 Å². The maximum absolute atomic E-state index is 12.6. The molecule has 1 amide bonds. The van der Waals surface area contributed by atoms with Crippen LogP contribution in [-0.2, 0) is 4.79 Å². The number of likely N-dealkylation sites (tertiary alicyclic amines) is 1. The van der Waals surface area contributed by atoms with Gasteiger partial charge in [0.15, 0.2) is 0 Å². The summed E-state index contributed by atoms with van der Waals surface area (Å²) in [5.41, 5.74) is 2.76. The van der Waals surface area contributed by atoms with Crippen LogP contribution < -0.4 is 5.32 Å². The van der Waals surface area contributed by atoms with Gasteiger partial charge < -0.3 is 10.2 Å². The van der Waals surface area contributed by atoms with Crippen LogP contribution in [0.2, 0.25) is 0 Å². The Hall–Kier alpha value is -1.18. The Morgan fingerprint density at radius 1 is 1.38 bits per heavy atom. The zero-order valence-electron chi connectivity index (χ0n) is 15.4. The van der Waals surface area contributed by atoms with E-state index < -0.39 is 0 Å². The Bertz CT molecular complexity index is 491. The van der Waals surface area contributed by atoms with Crippen LogP contribution in [-0.4, -0.2) is 42.7 Å². The first-order chi connectivity index (χ1) is 11.5. The number of hydrogen-bond acceptors (Lipinski definition) is 3. The van der Waals surface area contributed by atoms with E-state index in [9.17, 15) is 4.79 Å². The van der Waals surface area contributed by atoms with Crippen molar-refractivity contribution in [3.05, 3.63) is 22.6 Å². The fourth-order valence-electron chi connectivity index (χ4n) is 3.00. The first-order valence-electron chi connectivity index (χ1n) is 8.77. The van der Waals surface area contributed by atoms with Crippen LogP contribution >= 0.6 is 11.8 Å². The molecule has 1 saturated heterocycles. The molecule has 0 aliphatic carbocycles. The van der Waals surface area contributed by atoms with Gasteiger partial charge in [-0.3, -0.25) is 4.79 Å². The van der Waals surface area contributed by atoms with Crippen molar-refractivity contribution in [1.82, 2.24) is 10.2 Å². The molecular weight excluding hydrogens is 316 g/mol. The Balaban J connectivity index is 0.00000139. The quantitative estimate of drug-likeness (QED) is 0.476. The molecule has 0 unspecified atom stereocenters. The minimum Gasteiger partial charge on any atom is -0.339 e. The van der Waals surface area contributed by atoms with Crippen molar-refractivity contribution in [1.29, 1.82) is 0 Å². The van der Waals surface area contributed by atoms with Gasteiger partial charge in [0.25, 0.3) is 0 Å². The molecular formula is C20H32N2OS. The van der Waals surface area contributed by atoms with Crippen molar-refractivity contribution in [3.8, 4) is 12.8 Å². The Kier molecular flexibility index (Phi) is 9.25. The molecule has 1 N–H and O–H groups in total. The fourth-order valence-corrected chi connectivity index (χ4v) is 3.91. The van der Waals surface area contributed by atoms with Crippen LogP contribution in [0.4, 0.5) is 0 Å². The van der Waals surface area contributed by atoms with Crippen LogP contribution in [0.15, 0.2) is 22.6 Å². The highest BCUT2D eigenvalue weighted by molar-refractivity contribution is 8.02. The monoisotopic (exact) mass is 348 g/mol. The summed E-state index contributed by atoms with van der Waals surface area (Å²) in [6.07, 6.45) is 14.9. The van der Waals surface area contributed by atoms with Gasteiger partial charge in [-0.05, 0) is 50.0 Å². The van der Waals surface area contributed by atoms with Crippen molar-refractivity contribution in [2.24, 2.45) is 5.41 Å². The Morgan fingerprint density at radius 2 is 2.12 bits per heavy atom. The molecule has 2 aliphatic rings. The fraction of sp³-hybridized carbons (Fsp3) is 0.650. The van der Waals surface area contributed by atoms with Crippen molar-refractivity contribution in [3.63, 3.8) is 0 Å². The number of terminal acetylenes is 1. The van der Waals surface area contributed by atoms with Gasteiger partial charge in [-0.2, -0.15) is 0 Å². The van der Waals surface area contributed by atoms with E-state index in [1.165, 1.54) is 12.0 Å². The number of amides is 1. The highest BCUT2D eigenvalue weighted by Gasteiger charge is 2.25.